The summed E-state index contributed by atoms with van der Waals surface area (Å²) in [7, 11) is 0. The van der Waals surface area contributed by atoms with Crippen LogP contribution in [0.1, 0.15) is 26.3 Å². The molecule has 4 nitrogen and oxygen atoms in total. The molecule has 0 spiro atoms. The fraction of sp³-hybridized carbons (Fsp3) is 0.385. The zero-order valence-corrected chi connectivity index (χ0v) is 11.6. The van der Waals surface area contributed by atoms with Crippen LogP contribution >= 0.6 is 12.2 Å². The quantitative estimate of drug-likeness (QED) is 0.813. The van der Waals surface area contributed by atoms with Crippen molar-refractivity contribution in [2.75, 3.05) is 6.61 Å². The largest absolute Gasteiger partial charge is 0.483 e. The highest BCUT2D eigenvalue weighted by atomic mass is 32.1. The second-order valence-electron chi connectivity index (χ2n) is 4.95. The van der Waals surface area contributed by atoms with Crippen LogP contribution in [0.2, 0.25) is 0 Å². The first-order chi connectivity index (χ1) is 8.29. The summed E-state index contributed by atoms with van der Waals surface area (Å²) in [4.78, 5) is 11.9. The number of hydrogen-bond acceptors (Lipinski definition) is 3. The van der Waals surface area contributed by atoms with E-state index in [2.05, 4.69) is 5.32 Å². The summed E-state index contributed by atoms with van der Waals surface area (Å²) in [5, 5.41) is 2.81. The summed E-state index contributed by atoms with van der Waals surface area (Å²) in [5.41, 5.74) is 5.93. The highest BCUT2D eigenvalue weighted by molar-refractivity contribution is 7.80. The van der Waals surface area contributed by atoms with E-state index in [1.54, 1.807) is 18.2 Å². The van der Waals surface area contributed by atoms with Crippen molar-refractivity contribution >= 4 is 23.1 Å². The maximum atomic E-state index is 11.6. The van der Waals surface area contributed by atoms with Crippen LogP contribution in [0, 0.1) is 0 Å². The third-order valence-corrected chi connectivity index (χ3v) is 2.25. The van der Waals surface area contributed by atoms with E-state index in [1.807, 2.05) is 26.8 Å². The molecule has 0 heterocycles. The van der Waals surface area contributed by atoms with Gasteiger partial charge in [-0.15, -0.1) is 0 Å². The molecular weight excluding hydrogens is 248 g/mol. The number of rotatable bonds is 4. The van der Waals surface area contributed by atoms with Gasteiger partial charge in [0, 0.05) is 5.54 Å². The average molecular weight is 266 g/mol. The molecule has 0 aliphatic heterocycles. The number of para-hydroxylation sites is 1. The van der Waals surface area contributed by atoms with Gasteiger partial charge in [0.05, 0.1) is 5.56 Å². The molecule has 5 heteroatoms. The van der Waals surface area contributed by atoms with Gasteiger partial charge >= 0.3 is 0 Å². The summed E-state index contributed by atoms with van der Waals surface area (Å²) in [6, 6.07) is 7.12. The predicted molar refractivity (Wildman–Crippen MR) is 75.7 cm³/mol. The molecule has 1 rings (SSSR count). The molecule has 0 aliphatic carbocycles. The minimum absolute atomic E-state index is 0.0586. The normalized spacial score (nSPS) is 10.8. The minimum Gasteiger partial charge on any atom is -0.483 e. The third-order valence-electron chi connectivity index (χ3n) is 2.03. The number of nitrogens with one attached hydrogen (secondary N) is 1. The zero-order valence-electron chi connectivity index (χ0n) is 10.8. The lowest BCUT2D eigenvalue weighted by molar-refractivity contribution is -0.124. The highest BCUT2D eigenvalue weighted by Gasteiger charge is 2.14. The Balaban J connectivity index is 2.64. The summed E-state index contributed by atoms with van der Waals surface area (Å²) in [5.74, 6) is 0.342. The summed E-state index contributed by atoms with van der Waals surface area (Å²) in [6.07, 6.45) is 0. The van der Waals surface area contributed by atoms with Gasteiger partial charge in [0.1, 0.15) is 10.7 Å². The molecule has 0 aliphatic rings. The fourth-order valence-corrected chi connectivity index (χ4v) is 1.56. The molecule has 1 aromatic rings. The van der Waals surface area contributed by atoms with Crippen LogP contribution in [0.5, 0.6) is 5.75 Å². The third kappa shape index (κ3) is 4.71. The van der Waals surface area contributed by atoms with Crippen molar-refractivity contribution in [3.05, 3.63) is 29.8 Å². The number of amides is 1. The second kappa shape index (κ2) is 5.82. The number of carbonyl (C=O) groups is 1. The van der Waals surface area contributed by atoms with E-state index in [9.17, 15) is 4.79 Å². The number of hydrogen-bond donors (Lipinski definition) is 2. The van der Waals surface area contributed by atoms with Crippen molar-refractivity contribution in [2.45, 2.75) is 26.3 Å². The van der Waals surface area contributed by atoms with Crippen LogP contribution in [0.4, 0.5) is 0 Å². The number of thiocarbonyl (C=S) groups is 1. The molecule has 0 saturated carbocycles. The van der Waals surface area contributed by atoms with E-state index < -0.39 is 0 Å². The molecule has 1 aromatic carbocycles. The number of ether oxygens (including phenoxy) is 1. The number of benzene rings is 1. The summed E-state index contributed by atoms with van der Waals surface area (Å²) in [6.45, 7) is 5.67. The lowest BCUT2D eigenvalue weighted by atomic mass is 10.1. The Morgan fingerprint density at radius 1 is 1.39 bits per heavy atom. The molecule has 0 atom stereocenters. The Morgan fingerprint density at radius 3 is 2.56 bits per heavy atom. The maximum absolute atomic E-state index is 11.6. The van der Waals surface area contributed by atoms with Crippen molar-refractivity contribution in [3.8, 4) is 5.75 Å². The lowest BCUT2D eigenvalue weighted by Gasteiger charge is -2.20. The predicted octanol–water partition coefficient (Wildman–Crippen LogP) is 1.61. The van der Waals surface area contributed by atoms with Crippen molar-refractivity contribution in [3.63, 3.8) is 0 Å². The van der Waals surface area contributed by atoms with Gasteiger partial charge in [0.2, 0.25) is 0 Å². The molecule has 98 valence electrons. The van der Waals surface area contributed by atoms with E-state index >= 15 is 0 Å². The molecule has 0 fully saturated rings. The molecule has 3 N–H and O–H groups in total. The summed E-state index contributed by atoms with van der Waals surface area (Å²) < 4.78 is 5.43. The van der Waals surface area contributed by atoms with Gasteiger partial charge in [0.15, 0.2) is 6.61 Å². The Kier molecular flexibility index (Phi) is 4.67. The second-order valence-corrected chi connectivity index (χ2v) is 5.39. The number of carbonyl (C=O) groups excluding carboxylic acids is 1. The Morgan fingerprint density at radius 2 is 2.00 bits per heavy atom. The van der Waals surface area contributed by atoms with Crippen LogP contribution in [0.25, 0.3) is 0 Å². The van der Waals surface area contributed by atoms with Crippen LogP contribution in [0.3, 0.4) is 0 Å². The van der Waals surface area contributed by atoms with Gasteiger partial charge in [-0.05, 0) is 32.9 Å². The number of nitrogens with two attached hydrogens (primary N) is 1. The first-order valence-corrected chi connectivity index (χ1v) is 6.03. The SMILES string of the molecule is CC(C)(C)NC(=O)COc1ccccc1C(N)=S. The lowest BCUT2D eigenvalue weighted by Crippen LogP contribution is -2.43. The summed E-state index contributed by atoms with van der Waals surface area (Å²) >= 11 is 4.91. The molecule has 0 radical (unpaired) electrons. The Bertz CT molecular complexity index is 453. The molecule has 18 heavy (non-hydrogen) atoms. The van der Waals surface area contributed by atoms with Crippen LogP contribution < -0.4 is 15.8 Å². The topological polar surface area (TPSA) is 64.3 Å². The molecule has 0 saturated heterocycles. The van der Waals surface area contributed by atoms with Crippen LogP contribution in [-0.2, 0) is 4.79 Å². The Hall–Kier alpha value is -1.62. The van der Waals surface area contributed by atoms with Gasteiger partial charge in [-0.25, -0.2) is 0 Å². The van der Waals surface area contributed by atoms with E-state index in [0.717, 1.165) is 0 Å². The van der Waals surface area contributed by atoms with Gasteiger partial charge in [0.25, 0.3) is 5.91 Å². The smallest absolute Gasteiger partial charge is 0.258 e. The molecule has 0 bridgehead atoms. The first-order valence-electron chi connectivity index (χ1n) is 5.62. The van der Waals surface area contributed by atoms with Gasteiger partial charge < -0.3 is 15.8 Å². The molecule has 0 aromatic heterocycles. The van der Waals surface area contributed by atoms with Crippen molar-refractivity contribution in [1.82, 2.24) is 5.32 Å². The first kappa shape index (κ1) is 14.4. The van der Waals surface area contributed by atoms with E-state index in [-0.39, 0.29) is 23.0 Å². The van der Waals surface area contributed by atoms with Crippen molar-refractivity contribution < 1.29 is 9.53 Å². The monoisotopic (exact) mass is 266 g/mol. The van der Waals surface area contributed by atoms with E-state index in [0.29, 0.717) is 11.3 Å². The molecule has 0 unspecified atom stereocenters. The van der Waals surface area contributed by atoms with Crippen molar-refractivity contribution in [2.24, 2.45) is 5.73 Å². The van der Waals surface area contributed by atoms with Crippen LogP contribution in [-0.4, -0.2) is 23.0 Å². The van der Waals surface area contributed by atoms with Gasteiger partial charge in [-0.3, -0.25) is 4.79 Å². The zero-order chi connectivity index (χ0) is 13.8. The maximum Gasteiger partial charge on any atom is 0.258 e. The van der Waals surface area contributed by atoms with E-state index in [4.69, 9.17) is 22.7 Å². The van der Waals surface area contributed by atoms with Gasteiger partial charge in [-0.2, -0.15) is 0 Å². The van der Waals surface area contributed by atoms with E-state index in [1.165, 1.54) is 0 Å². The van der Waals surface area contributed by atoms with Gasteiger partial charge in [-0.1, -0.05) is 24.4 Å². The highest BCUT2D eigenvalue weighted by Crippen LogP contribution is 2.17. The fourth-order valence-electron chi connectivity index (χ4n) is 1.39. The van der Waals surface area contributed by atoms with Crippen LogP contribution in [0.15, 0.2) is 24.3 Å². The minimum atomic E-state index is -0.275. The molecule has 1 amide bonds. The Labute approximate surface area is 113 Å². The standard InChI is InChI=1S/C13H18N2O2S/c1-13(2,3)15-11(16)8-17-10-7-5-4-6-9(10)12(14)18/h4-7H,8H2,1-3H3,(H2,14,18)(H,15,16). The average Bonchev–Trinajstić information content (AvgIpc) is 2.24. The van der Waals surface area contributed by atoms with Crippen molar-refractivity contribution in [1.29, 1.82) is 0 Å². The molecular formula is C13H18N2O2S.